The molecule has 0 unspecified atom stereocenters. The first kappa shape index (κ1) is 20.8. The van der Waals surface area contributed by atoms with Gasteiger partial charge in [-0.15, -0.1) is 0 Å². The second kappa shape index (κ2) is 10.0. The highest BCUT2D eigenvalue weighted by atomic mass is 16.5. The van der Waals surface area contributed by atoms with Gasteiger partial charge in [0.15, 0.2) is 0 Å². The lowest BCUT2D eigenvalue weighted by Gasteiger charge is -2.09. The van der Waals surface area contributed by atoms with E-state index in [1.54, 1.807) is 0 Å². The molecule has 0 amide bonds. The van der Waals surface area contributed by atoms with E-state index in [0.29, 0.717) is 0 Å². The first-order valence-electron chi connectivity index (χ1n) is 9.46. The van der Waals surface area contributed by atoms with Gasteiger partial charge in [0.2, 0.25) is 0 Å². The van der Waals surface area contributed by atoms with Gasteiger partial charge in [-0.25, -0.2) is 9.59 Å². The molecule has 3 aromatic rings. The number of hydrogen-bond donors (Lipinski definition) is 0. The predicted molar refractivity (Wildman–Crippen MR) is 117 cm³/mol. The highest BCUT2D eigenvalue weighted by Crippen LogP contribution is 2.27. The van der Waals surface area contributed by atoms with Crippen molar-refractivity contribution >= 4 is 11.9 Å². The minimum absolute atomic E-state index is 0.222. The number of carbonyl (C=O) groups excluding carboxylic acids is 2. The zero-order valence-electron chi connectivity index (χ0n) is 16.5. The maximum absolute atomic E-state index is 11.2. The molecule has 0 heterocycles. The summed E-state index contributed by atoms with van der Waals surface area (Å²) in [6, 6.07) is 24.0. The topological polar surface area (TPSA) is 52.6 Å². The summed E-state index contributed by atoms with van der Waals surface area (Å²) >= 11 is 0. The Hall–Kier alpha value is -3.92. The fourth-order valence-electron chi connectivity index (χ4n) is 2.89. The molecule has 0 saturated carbocycles. The zero-order chi connectivity index (χ0) is 21.3. The van der Waals surface area contributed by atoms with Crippen LogP contribution in [0.1, 0.15) is 11.1 Å². The fourth-order valence-corrected chi connectivity index (χ4v) is 2.89. The van der Waals surface area contributed by atoms with E-state index in [1.165, 1.54) is 0 Å². The average Bonchev–Trinajstić information content (AvgIpc) is 2.81. The largest absolute Gasteiger partial charge is 0.458 e. The molecule has 3 aromatic carbocycles. The number of esters is 2. The third-order valence-corrected chi connectivity index (χ3v) is 4.53. The molecule has 3 rings (SSSR count). The molecule has 4 heteroatoms. The lowest BCUT2D eigenvalue weighted by Crippen LogP contribution is -2.00. The van der Waals surface area contributed by atoms with Crippen LogP contribution in [0.3, 0.4) is 0 Å². The maximum Gasteiger partial charge on any atom is 0.330 e. The molecule has 0 spiro atoms. The van der Waals surface area contributed by atoms with Gasteiger partial charge in [-0.2, -0.15) is 0 Å². The van der Waals surface area contributed by atoms with Crippen LogP contribution in [-0.2, 0) is 32.3 Å². The number of carbonyl (C=O) groups is 2. The third-order valence-electron chi connectivity index (χ3n) is 4.53. The Kier molecular flexibility index (Phi) is 6.95. The normalized spacial score (nSPS) is 10.1. The van der Waals surface area contributed by atoms with Gasteiger partial charge in [-0.1, -0.05) is 79.9 Å². The highest BCUT2D eigenvalue weighted by Gasteiger charge is 2.04. The van der Waals surface area contributed by atoms with Crippen LogP contribution in [0.4, 0.5) is 0 Å². The Labute approximate surface area is 176 Å². The molecule has 4 nitrogen and oxygen atoms in total. The van der Waals surface area contributed by atoms with Gasteiger partial charge in [0.05, 0.1) is 0 Å². The van der Waals surface area contributed by atoms with E-state index in [1.807, 2.05) is 54.6 Å². The predicted octanol–water partition coefficient (Wildman–Crippen LogP) is 5.48. The summed E-state index contributed by atoms with van der Waals surface area (Å²) in [5, 5.41) is 0. The SMILES string of the molecule is C=CC(=O)OCc1ccc(-c2cccc(-c3ccc(COC(=O)C=C)cc3)c2)cc1. The van der Waals surface area contributed by atoms with Crippen molar-refractivity contribution in [3.05, 3.63) is 109 Å². The van der Waals surface area contributed by atoms with Crippen LogP contribution < -0.4 is 0 Å². The van der Waals surface area contributed by atoms with E-state index < -0.39 is 11.9 Å². The van der Waals surface area contributed by atoms with Crippen LogP contribution in [0.2, 0.25) is 0 Å². The van der Waals surface area contributed by atoms with Crippen molar-refractivity contribution in [2.24, 2.45) is 0 Å². The van der Waals surface area contributed by atoms with Crippen LogP contribution in [0, 0.1) is 0 Å². The molecular weight excluding hydrogens is 376 g/mol. The minimum Gasteiger partial charge on any atom is -0.458 e. The standard InChI is InChI=1S/C26H22O4/c1-3-25(27)29-17-19-8-12-21(13-9-19)23-6-5-7-24(16-23)22-14-10-20(11-15-22)18-30-26(28)4-2/h3-16H,1-2,17-18H2. The molecular formula is C26H22O4. The van der Waals surface area contributed by atoms with Gasteiger partial charge >= 0.3 is 11.9 Å². The van der Waals surface area contributed by atoms with Gasteiger partial charge in [0.1, 0.15) is 13.2 Å². The number of ether oxygens (including phenoxy) is 2. The van der Waals surface area contributed by atoms with E-state index in [-0.39, 0.29) is 13.2 Å². The molecule has 0 N–H and O–H groups in total. The Morgan fingerprint density at radius 2 is 1.03 bits per heavy atom. The van der Waals surface area contributed by atoms with Crippen molar-refractivity contribution in [3.8, 4) is 22.3 Å². The van der Waals surface area contributed by atoms with Crippen molar-refractivity contribution in [2.45, 2.75) is 13.2 Å². The molecule has 150 valence electrons. The highest BCUT2D eigenvalue weighted by molar-refractivity contribution is 5.81. The molecule has 0 aliphatic rings. The summed E-state index contributed by atoms with van der Waals surface area (Å²) < 4.78 is 10.1. The molecule has 30 heavy (non-hydrogen) atoms. The van der Waals surface area contributed by atoms with Crippen LogP contribution in [-0.4, -0.2) is 11.9 Å². The van der Waals surface area contributed by atoms with Crippen molar-refractivity contribution in [1.82, 2.24) is 0 Å². The number of hydrogen-bond acceptors (Lipinski definition) is 4. The summed E-state index contributed by atoms with van der Waals surface area (Å²) in [7, 11) is 0. The quantitative estimate of drug-likeness (QED) is 0.372. The van der Waals surface area contributed by atoms with Gasteiger partial charge in [-0.05, 0) is 39.4 Å². The molecule has 0 atom stereocenters. The Morgan fingerprint density at radius 3 is 1.40 bits per heavy atom. The Bertz CT molecular complexity index is 964. The number of benzene rings is 3. The Morgan fingerprint density at radius 1 is 0.633 bits per heavy atom. The van der Waals surface area contributed by atoms with Gasteiger partial charge in [0, 0.05) is 12.2 Å². The molecule has 0 saturated heterocycles. The van der Waals surface area contributed by atoms with Gasteiger partial charge in [0.25, 0.3) is 0 Å². The third kappa shape index (κ3) is 5.55. The lowest BCUT2D eigenvalue weighted by molar-refractivity contribution is -0.139. The lowest BCUT2D eigenvalue weighted by atomic mass is 9.98. The monoisotopic (exact) mass is 398 g/mol. The molecule has 0 radical (unpaired) electrons. The summed E-state index contributed by atoms with van der Waals surface area (Å²) in [4.78, 5) is 22.4. The maximum atomic E-state index is 11.2. The summed E-state index contributed by atoms with van der Waals surface area (Å²) in [6.07, 6.45) is 2.31. The smallest absolute Gasteiger partial charge is 0.330 e. The van der Waals surface area contributed by atoms with Crippen molar-refractivity contribution in [1.29, 1.82) is 0 Å². The van der Waals surface area contributed by atoms with Crippen LogP contribution in [0.25, 0.3) is 22.3 Å². The molecule has 0 aromatic heterocycles. The molecule has 0 aliphatic carbocycles. The zero-order valence-corrected chi connectivity index (χ0v) is 16.5. The van der Waals surface area contributed by atoms with Gasteiger partial charge in [-0.3, -0.25) is 0 Å². The van der Waals surface area contributed by atoms with E-state index in [9.17, 15) is 9.59 Å². The van der Waals surface area contributed by atoms with Crippen LogP contribution in [0.5, 0.6) is 0 Å². The minimum atomic E-state index is -0.434. The Balaban J connectivity index is 1.71. The van der Waals surface area contributed by atoms with E-state index in [0.717, 1.165) is 45.5 Å². The van der Waals surface area contributed by atoms with Crippen LogP contribution in [0.15, 0.2) is 98.1 Å². The molecule has 0 aliphatic heterocycles. The van der Waals surface area contributed by atoms with Crippen molar-refractivity contribution in [2.75, 3.05) is 0 Å². The summed E-state index contributed by atoms with van der Waals surface area (Å²) in [6.45, 7) is 7.22. The van der Waals surface area contributed by atoms with Crippen molar-refractivity contribution < 1.29 is 19.1 Å². The first-order chi connectivity index (χ1) is 14.6. The van der Waals surface area contributed by atoms with Gasteiger partial charge < -0.3 is 9.47 Å². The fraction of sp³-hybridized carbons (Fsp3) is 0.0769. The van der Waals surface area contributed by atoms with Crippen molar-refractivity contribution in [3.63, 3.8) is 0 Å². The summed E-state index contributed by atoms with van der Waals surface area (Å²) in [5.74, 6) is -0.867. The summed E-state index contributed by atoms with van der Waals surface area (Å²) in [5.41, 5.74) is 6.15. The molecule has 0 bridgehead atoms. The second-order valence-electron chi connectivity index (χ2n) is 6.60. The van der Waals surface area contributed by atoms with E-state index in [2.05, 4.69) is 31.4 Å². The number of rotatable bonds is 8. The second-order valence-corrected chi connectivity index (χ2v) is 6.60. The first-order valence-corrected chi connectivity index (χ1v) is 9.46. The molecule has 0 fully saturated rings. The van der Waals surface area contributed by atoms with Crippen LogP contribution >= 0.6 is 0 Å². The average molecular weight is 398 g/mol. The van der Waals surface area contributed by atoms with E-state index >= 15 is 0 Å². The van der Waals surface area contributed by atoms with E-state index in [4.69, 9.17) is 9.47 Å².